The first-order valence-corrected chi connectivity index (χ1v) is 10.7. The van der Waals surface area contributed by atoms with Gasteiger partial charge >= 0.3 is 0 Å². The molecule has 2 aliphatic rings. The van der Waals surface area contributed by atoms with Gasteiger partial charge < -0.3 is 16.8 Å². The summed E-state index contributed by atoms with van der Waals surface area (Å²) in [4.78, 5) is 9.59. The zero-order chi connectivity index (χ0) is 21.0. The van der Waals surface area contributed by atoms with Crippen molar-refractivity contribution in [3.8, 4) is 28.3 Å². The van der Waals surface area contributed by atoms with E-state index in [1.54, 1.807) is 6.20 Å². The maximum atomic E-state index is 6.54. The van der Waals surface area contributed by atoms with Crippen LogP contribution in [-0.4, -0.2) is 14.5 Å². The van der Waals surface area contributed by atoms with Crippen molar-refractivity contribution in [3.05, 3.63) is 78.1 Å². The van der Waals surface area contributed by atoms with E-state index in [4.69, 9.17) is 16.5 Å². The molecule has 5 N–H and O–H groups in total. The fourth-order valence-corrected chi connectivity index (χ4v) is 4.71. The Labute approximate surface area is 181 Å². The zero-order valence-electron chi connectivity index (χ0n) is 17.2. The van der Waals surface area contributed by atoms with Gasteiger partial charge in [-0.3, -0.25) is 4.57 Å². The second-order valence-electron chi connectivity index (χ2n) is 8.40. The molecule has 0 saturated heterocycles. The van der Waals surface area contributed by atoms with Gasteiger partial charge in [0.1, 0.15) is 5.82 Å². The van der Waals surface area contributed by atoms with Crippen LogP contribution < -0.4 is 16.8 Å². The largest absolute Gasteiger partial charge is 0.338 e. The quantitative estimate of drug-likeness (QED) is 0.410. The summed E-state index contributed by atoms with van der Waals surface area (Å²) in [5.41, 5.74) is 19.6. The first kappa shape index (κ1) is 18.3. The molecule has 154 valence electrons. The molecule has 3 heterocycles. The van der Waals surface area contributed by atoms with Crippen LogP contribution in [-0.2, 0) is 12.1 Å². The van der Waals surface area contributed by atoms with Crippen LogP contribution in [0.25, 0.3) is 28.3 Å². The van der Waals surface area contributed by atoms with E-state index in [0.717, 1.165) is 58.4 Å². The van der Waals surface area contributed by atoms with E-state index in [0.29, 0.717) is 6.54 Å². The lowest BCUT2D eigenvalue weighted by Gasteiger charge is -2.38. The van der Waals surface area contributed by atoms with Crippen LogP contribution in [0.15, 0.2) is 66.9 Å². The van der Waals surface area contributed by atoms with Crippen molar-refractivity contribution in [1.82, 2.24) is 14.5 Å². The van der Waals surface area contributed by atoms with E-state index in [9.17, 15) is 0 Å². The molecular weight excluding hydrogens is 384 g/mol. The SMILES string of the molecule is NCc1nc2n(c1-c1ccc(C3(N)CCC3)cc1)-c1cccnc1Nc1ccccc1-2. The Balaban J connectivity index is 1.60. The van der Waals surface area contributed by atoms with Gasteiger partial charge in [-0.2, -0.15) is 0 Å². The molecular formula is C25H24N6. The minimum atomic E-state index is -0.178. The molecule has 2 aromatic heterocycles. The molecule has 0 atom stereocenters. The predicted molar refractivity (Wildman–Crippen MR) is 123 cm³/mol. The summed E-state index contributed by atoms with van der Waals surface area (Å²) in [6.45, 7) is 0.350. The molecule has 0 spiro atoms. The third-order valence-corrected chi connectivity index (χ3v) is 6.57. The molecule has 6 heteroatoms. The highest BCUT2D eigenvalue weighted by molar-refractivity contribution is 5.86. The molecule has 0 radical (unpaired) electrons. The van der Waals surface area contributed by atoms with Crippen LogP contribution >= 0.6 is 0 Å². The van der Waals surface area contributed by atoms with E-state index >= 15 is 0 Å². The molecule has 1 aliphatic carbocycles. The maximum absolute atomic E-state index is 6.54. The van der Waals surface area contributed by atoms with Crippen LogP contribution in [0.5, 0.6) is 0 Å². The number of pyridine rings is 1. The van der Waals surface area contributed by atoms with Crippen molar-refractivity contribution >= 4 is 11.5 Å². The van der Waals surface area contributed by atoms with Gasteiger partial charge in [0.05, 0.1) is 22.8 Å². The third kappa shape index (κ3) is 2.72. The van der Waals surface area contributed by atoms with Crippen LogP contribution in [0.1, 0.15) is 30.5 Å². The van der Waals surface area contributed by atoms with Crippen LogP contribution in [0.4, 0.5) is 11.5 Å². The van der Waals surface area contributed by atoms with E-state index in [-0.39, 0.29) is 5.54 Å². The van der Waals surface area contributed by atoms with Gasteiger partial charge in [-0.05, 0) is 49.1 Å². The number of nitrogens with two attached hydrogens (primary N) is 2. The number of fused-ring (bicyclic) bond motifs is 5. The molecule has 0 unspecified atom stereocenters. The van der Waals surface area contributed by atoms with Gasteiger partial charge in [-0.15, -0.1) is 0 Å². The second-order valence-corrected chi connectivity index (χ2v) is 8.40. The number of para-hydroxylation sites is 1. The summed E-state index contributed by atoms with van der Waals surface area (Å²) in [6, 6.07) is 20.8. The Morgan fingerprint density at radius 2 is 1.81 bits per heavy atom. The Morgan fingerprint density at radius 3 is 2.55 bits per heavy atom. The van der Waals surface area contributed by atoms with Crippen molar-refractivity contribution in [3.63, 3.8) is 0 Å². The summed E-state index contributed by atoms with van der Waals surface area (Å²) in [5.74, 6) is 1.66. The number of anilines is 2. The number of rotatable bonds is 3. The smallest absolute Gasteiger partial charge is 0.154 e. The van der Waals surface area contributed by atoms with Crippen LogP contribution in [0.3, 0.4) is 0 Å². The molecule has 1 aliphatic heterocycles. The predicted octanol–water partition coefficient (Wildman–Crippen LogP) is 4.45. The van der Waals surface area contributed by atoms with E-state index in [1.807, 2.05) is 24.3 Å². The Morgan fingerprint density at radius 1 is 1.00 bits per heavy atom. The summed E-state index contributed by atoms with van der Waals surface area (Å²) in [6.07, 6.45) is 5.09. The molecule has 2 aromatic carbocycles. The van der Waals surface area contributed by atoms with Gasteiger partial charge in [0.15, 0.2) is 5.82 Å². The highest BCUT2D eigenvalue weighted by atomic mass is 15.2. The number of nitrogens with one attached hydrogen (secondary N) is 1. The van der Waals surface area contributed by atoms with Crippen LogP contribution in [0, 0.1) is 0 Å². The standard InChI is InChI=1S/C25H24N6/c26-15-20-22(16-8-10-17(11-9-16)25(27)12-4-13-25)31-21-7-3-14-28-23(21)29-19-6-2-1-5-18(19)24(31)30-20/h1-3,5-11,14H,4,12-13,15,26-27H2,(H,28,29). The summed E-state index contributed by atoms with van der Waals surface area (Å²) in [7, 11) is 0. The minimum absolute atomic E-state index is 0.178. The van der Waals surface area contributed by atoms with Crippen molar-refractivity contribution in [2.45, 2.75) is 31.3 Å². The molecule has 4 aromatic rings. The first-order chi connectivity index (χ1) is 15.2. The highest BCUT2D eigenvalue weighted by Gasteiger charge is 2.34. The third-order valence-electron chi connectivity index (χ3n) is 6.57. The summed E-state index contributed by atoms with van der Waals surface area (Å²) in [5, 5.41) is 3.48. The van der Waals surface area contributed by atoms with Gasteiger partial charge in [-0.25, -0.2) is 9.97 Å². The summed E-state index contributed by atoms with van der Waals surface area (Å²) < 4.78 is 2.18. The molecule has 31 heavy (non-hydrogen) atoms. The van der Waals surface area contributed by atoms with Crippen molar-refractivity contribution in [1.29, 1.82) is 0 Å². The lowest BCUT2D eigenvalue weighted by molar-refractivity contribution is 0.253. The van der Waals surface area contributed by atoms with Crippen LogP contribution in [0.2, 0.25) is 0 Å². The van der Waals surface area contributed by atoms with Gasteiger partial charge in [-0.1, -0.05) is 36.4 Å². The zero-order valence-corrected chi connectivity index (χ0v) is 17.2. The molecule has 1 saturated carbocycles. The molecule has 1 fully saturated rings. The molecule has 6 rings (SSSR count). The monoisotopic (exact) mass is 408 g/mol. The fraction of sp³-hybridized carbons (Fsp3) is 0.200. The molecule has 0 bridgehead atoms. The average Bonchev–Trinajstić information content (AvgIpc) is 3.11. The normalized spacial score (nSPS) is 15.7. The van der Waals surface area contributed by atoms with Gasteiger partial charge in [0.2, 0.25) is 0 Å². The second kappa shape index (κ2) is 6.77. The van der Waals surface area contributed by atoms with E-state index in [2.05, 4.69) is 51.3 Å². The summed E-state index contributed by atoms with van der Waals surface area (Å²) >= 11 is 0. The fourth-order valence-electron chi connectivity index (χ4n) is 4.71. The highest BCUT2D eigenvalue weighted by Crippen LogP contribution is 2.43. The number of imidazole rings is 1. The first-order valence-electron chi connectivity index (χ1n) is 10.7. The van der Waals surface area contributed by atoms with Crippen molar-refractivity contribution in [2.75, 3.05) is 5.32 Å². The number of aromatic nitrogens is 3. The van der Waals surface area contributed by atoms with Crippen molar-refractivity contribution < 1.29 is 0 Å². The number of hydrogen-bond acceptors (Lipinski definition) is 5. The molecule has 0 amide bonds. The minimum Gasteiger partial charge on any atom is -0.338 e. The van der Waals surface area contributed by atoms with Gasteiger partial charge in [0, 0.05) is 29.4 Å². The Kier molecular flexibility index (Phi) is 4.00. The topological polar surface area (TPSA) is 94.8 Å². The average molecular weight is 409 g/mol. The molecule has 6 nitrogen and oxygen atoms in total. The van der Waals surface area contributed by atoms with E-state index in [1.165, 1.54) is 12.0 Å². The van der Waals surface area contributed by atoms with Gasteiger partial charge in [0.25, 0.3) is 0 Å². The Hall–Kier alpha value is -3.48. The lowest BCUT2D eigenvalue weighted by Crippen LogP contribution is -2.43. The number of hydrogen-bond donors (Lipinski definition) is 3. The number of nitrogens with zero attached hydrogens (tertiary/aromatic N) is 3. The lowest BCUT2D eigenvalue weighted by atomic mass is 9.72. The number of benzene rings is 2. The van der Waals surface area contributed by atoms with E-state index < -0.39 is 0 Å². The maximum Gasteiger partial charge on any atom is 0.154 e. The van der Waals surface area contributed by atoms with Crippen molar-refractivity contribution in [2.24, 2.45) is 11.5 Å². The Bertz CT molecular complexity index is 1280.